The first-order chi connectivity index (χ1) is 17.5. The zero-order valence-electron chi connectivity index (χ0n) is 20.7. The molecule has 0 bridgehead atoms. The Bertz CT molecular complexity index is 1460. The molecule has 4 aromatic rings. The number of hydrogen-bond donors (Lipinski definition) is 1. The molecule has 0 amide bonds. The van der Waals surface area contributed by atoms with Crippen molar-refractivity contribution in [1.29, 1.82) is 0 Å². The minimum Gasteiger partial charge on any atom is -0.479 e. The van der Waals surface area contributed by atoms with E-state index in [-0.39, 0.29) is 18.0 Å². The molecular formula is C25H25F3N6O3. The van der Waals surface area contributed by atoms with Crippen LogP contribution in [0.15, 0.2) is 36.8 Å². The molecule has 0 fully saturated rings. The molecule has 37 heavy (non-hydrogen) atoms. The molecule has 0 saturated carbocycles. The molecule has 0 radical (unpaired) electrons. The van der Waals surface area contributed by atoms with Gasteiger partial charge in [0.2, 0.25) is 5.88 Å². The highest BCUT2D eigenvalue weighted by atomic mass is 19.2. The molecular weight excluding hydrogens is 489 g/mol. The third-order valence-electron chi connectivity index (χ3n) is 6.51. The number of benzene rings is 1. The third-order valence-corrected chi connectivity index (χ3v) is 6.51. The molecule has 12 heteroatoms. The van der Waals surface area contributed by atoms with Crippen molar-refractivity contribution < 1.29 is 27.8 Å². The Balaban J connectivity index is 1.60. The number of aromatic nitrogens is 6. The van der Waals surface area contributed by atoms with Gasteiger partial charge in [-0.15, -0.1) is 10.2 Å². The molecule has 9 nitrogen and oxygen atoms in total. The maximum Gasteiger partial charge on any atom is 0.238 e. The van der Waals surface area contributed by atoms with Crippen LogP contribution in [0, 0.1) is 24.4 Å². The van der Waals surface area contributed by atoms with E-state index in [2.05, 4.69) is 20.2 Å². The first-order valence-corrected chi connectivity index (χ1v) is 11.6. The van der Waals surface area contributed by atoms with E-state index in [1.54, 1.807) is 21.5 Å². The number of ether oxygens (including phenoxy) is 2. The van der Waals surface area contributed by atoms with Crippen LogP contribution in [-0.2, 0) is 12.1 Å². The fourth-order valence-electron chi connectivity index (χ4n) is 4.65. The Kier molecular flexibility index (Phi) is 5.94. The van der Waals surface area contributed by atoms with Crippen LogP contribution in [0.5, 0.6) is 11.6 Å². The number of rotatable bonds is 6. The monoisotopic (exact) mass is 514 g/mol. The molecule has 1 aromatic carbocycles. The summed E-state index contributed by atoms with van der Waals surface area (Å²) in [7, 11) is 1.51. The Labute approximate surface area is 210 Å². The van der Waals surface area contributed by atoms with Crippen molar-refractivity contribution in [3.63, 3.8) is 0 Å². The molecule has 5 rings (SSSR count). The van der Waals surface area contributed by atoms with Gasteiger partial charge in [-0.25, -0.2) is 23.1 Å². The van der Waals surface area contributed by atoms with Gasteiger partial charge in [0.25, 0.3) is 0 Å². The molecule has 1 atom stereocenters. The van der Waals surface area contributed by atoms with Gasteiger partial charge in [-0.1, -0.05) is 0 Å². The summed E-state index contributed by atoms with van der Waals surface area (Å²) >= 11 is 0. The smallest absolute Gasteiger partial charge is 0.238 e. The number of aliphatic hydroxyl groups is 1. The van der Waals surface area contributed by atoms with E-state index >= 15 is 0 Å². The van der Waals surface area contributed by atoms with Crippen LogP contribution in [0.4, 0.5) is 13.2 Å². The van der Waals surface area contributed by atoms with Gasteiger partial charge in [-0.3, -0.25) is 0 Å². The fraction of sp³-hybridized carbons (Fsp3) is 0.360. The predicted molar refractivity (Wildman–Crippen MR) is 126 cm³/mol. The number of nitrogens with zero attached hydrogens (tertiary/aromatic N) is 6. The summed E-state index contributed by atoms with van der Waals surface area (Å²) in [6.45, 7) is 5.38. The highest BCUT2D eigenvalue weighted by Crippen LogP contribution is 2.45. The summed E-state index contributed by atoms with van der Waals surface area (Å²) in [5.74, 6) is -3.70. The first-order valence-electron chi connectivity index (χ1n) is 11.6. The number of imidazole rings is 1. The average Bonchev–Trinajstić information content (AvgIpc) is 3.48. The summed E-state index contributed by atoms with van der Waals surface area (Å²) in [4.78, 5) is 8.85. The zero-order valence-corrected chi connectivity index (χ0v) is 20.7. The highest BCUT2D eigenvalue weighted by Gasteiger charge is 2.53. The average molecular weight is 515 g/mol. The summed E-state index contributed by atoms with van der Waals surface area (Å²) in [5.41, 5.74) is -1.13. The molecule has 1 unspecified atom stereocenters. The van der Waals surface area contributed by atoms with Crippen molar-refractivity contribution in [2.75, 3.05) is 7.11 Å². The lowest BCUT2D eigenvalue weighted by Gasteiger charge is -2.44. The second kappa shape index (κ2) is 8.87. The van der Waals surface area contributed by atoms with E-state index in [1.807, 2.05) is 19.2 Å². The van der Waals surface area contributed by atoms with Gasteiger partial charge in [0, 0.05) is 24.9 Å². The second-order valence-electron chi connectivity index (χ2n) is 9.44. The fourth-order valence-corrected chi connectivity index (χ4v) is 4.65. The number of methoxy groups -OCH3 is 1. The maximum atomic E-state index is 13.9. The number of fused-ring (bicyclic) bond motifs is 1. The molecule has 0 saturated heterocycles. The molecule has 1 aliphatic rings. The zero-order chi connectivity index (χ0) is 26.5. The van der Waals surface area contributed by atoms with Crippen LogP contribution in [0.1, 0.15) is 38.2 Å². The van der Waals surface area contributed by atoms with E-state index < -0.39 is 28.7 Å². The molecule has 1 aliphatic heterocycles. The Morgan fingerprint density at radius 1 is 1.11 bits per heavy atom. The van der Waals surface area contributed by atoms with Crippen molar-refractivity contribution in [2.45, 2.75) is 51.4 Å². The topological polar surface area (TPSA) is 100 Å². The van der Waals surface area contributed by atoms with Gasteiger partial charge in [-0.05, 0) is 45.7 Å². The highest BCUT2D eigenvalue weighted by molar-refractivity contribution is 5.56. The lowest BCUT2D eigenvalue weighted by molar-refractivity contribution is -0.137. The minimum absolute atomic E-state index is 0.251. The lowest BCUT2D eigenvalue weighted by atomic mass is 9.79. The normalized spacial score (nSPS) is 17.5. The lowest BCUT2D eigenvalue weighted by Crippen LogP contribution is -2.55. The number of pyridine rings is 1. The maximum absolute atomic E-state index is 13.9. The SMILES string of the molecule is COc1nc(-c2nnc3n2CCCC3(Oc2cc(F)c(F)c(F)c2)C(C)(C)O)ccc1-n1cnc(C)c1. The van der Waals surface area contributed by atoms with Gasteiger partial charge in [0.15, 0.2) is 34.7 Å². The number of aryl methyl sites for hydroxylation is 1. The van der Waals surface area contributed by atoms with Gasteiger partial charge in [0.05, 0.1) is 19.1 Å². The molecule has 0 aliphatic carbocycles. The van der Waals surface area contributed by atoms with E-state index in [1.165, 1.54) is 21.0 Å². The molecule has 4 heterocycles. The standard InChI is InChI=1S/C25H25F3N6O3/c1-14-12-33(13-29-14)19-7-6-18(30-22(19)36-4)21-31-32-23-25(24(2,3)35,8-5-9-34(21)23)37-15-10-16(26)20(28)17(27)11-15/h6-7,10-13,35H,5,8-9H2,1-4H3. The van der Waals surface area contributed by atoms with Crippen molar-refractivity contribution in [1.82, 2.24) is 29.3 Å². The predicted octanol–water partition coefficient (Wildman–Crippen LogP) is 4.10. The largest absolute Gasteiger partial charge is 0.479 e. The second-order valence-corrected chi connectivity index (χ2v) is 9.44. The van der Waals surface area contributed by atoms with Crippen molar-refractivity contribution in [3.05, 3.63) is 65.8 Å². The molecule has 3 aromatic heterocycles. The third kappa shape index (κ3) is 4.10. The first kappa shape index (κ1) is 24.8. The molecule has 194 valence electrons. The number of halogens is 3. The van der Waals surface area contributed by atoms with E-state index in [4.69, 9.17) is 9.47 Å². The molecule has 1 N–H and O–H groups in total. The Morgan fingerprint density at radius 2 is 1.84 bits per heavy atom. The van der Waals surface area contributed by atoms with Crippen LogP contribution in [-0.4, -0.2) is 47.1 Å². The Morgan fingerprint density at radius 3 is 2.46 bits per heavy atom. The van der Waals surface area contributed by atoms with Crippen LogP contribution in [0.3, 0.4) is 0 Å². The van der Waals surface area contributed by atoms with Crippen LogP contribution in [0.25, 0.3) is 17.2 Å². The van der Waals surface area contributed by atoms with Crippen LogP contribution in [0.2, 0.25) is 0 Å². The van der Waals surface area contributed by atoms with Crippen molar-refractivity contribution >= 4 is 0 Å². The van der Waals surface area contributed by atoms with E-state index in [0.29, 0.717) is 36.1 Å². The van der Waals surface area contributed by atoms with Crippen LogP contribution >= 0.6 is 0 Å². The van der Waals surface area contributed by atoms with E-state index in [9.17, 15) is 18.3 Å². The molecule has 0 spiro atoms. The van der Waals surface area contributed by atoms with Gasteiger partial charge >= 0.3 is 0 Å². The van der Waals surface area contributed by atoms with Crippen molar-refractivity contribution in [3.8, 4) is 28.8 Å². The summed E-state index contributed by atoms with van der Waals surface area (Å²) in [5, 5.41) is 19.9. The van der Waals surface area contributed by atoms with Gasteiger partial charge in [-0.2, -0.15) is 0 Å². The minimum atomic E-state index is -1.60. The quantitative estimate of drug-likeness (QED) is 0.387. The van der Waals surface area contributed by atoms with Crippen molar-refractivity contribution in [2.24, 2.45) is 0 Å². The van der Waals surface area contributed by atoms with Gasteiger partial charge in [0.1, 0.15) is 22.7 Å². The Hall–Kier alpha value is -3.93. The van der Waals surface area contributed by atoms with Crippen LogP contribution < -0.4 is 9.47 Å². The van der Waals surface area contributed by atoms with Gasteiger partial charge < -0.3 is 23.7 Å². The summed E-state index contributed by atoms with van der Waals surface area (Å²) in [6, 6.07) is 5.06. The van der Waals surface area contributed by atoms with E-state index in [0.717, 1.165) is 17.8 Å². The summed E-state index contributed by atoms with van der Waals surface area (Å²) in [6.07, 6.45) is 4.29. The summed E-state index contributed by atoms with van der Waals surface area (Å²) < 4.78 is 56.5. The number of hydrogen-bond acceptors (Lipinski definition) is 7.